The molecule has 0 radical (unpaired) electrons. The number of nitrogens with one attached hydrogen (secondary N) is 2. The predicted octanol–water partition coefficient (Wildman–Crippen LogP) is 5.75. The molecule has 170 valence electrons. The lowest BCUT2D eigenvalue weighted by molar-refractivity contribution is 0.192. The first kappa shape index (κ1) is 22.3. The Balaban J connectivity index is 1.43. The highest BCUT2D eigenvalue weighted by Crippen LogP contribution is 2.25. The highest BCUT2D eigenvalue weighted by molar-refractivity contribution is 6.00. The fourth-order valence-corrected chi connectivity index (χ4v) is 3.71. The van der Waals surface area contributed by atoms with Crippen molar-refractivity contribution in [2.75, 3.05) is 28.6 Å². The van der Waals surface area contributed by atoms with Crippen molar-refractivity contribution in [2.45, 2.75) is 19.9 Å². The minimum Gasteiger partial charge on any atom is -0.320 e. The van der Waals surface area contributed by atoms with E-state index < -0.39 is 11.6 Å². The number of rotatable bonds is 5. The molecule has 4 amide bonds. The summed E-state index contributed by atoms with van der Waals surface area (Å²) in [5, 5.41) is 5.56. The molecule has 0 aromatic heterocycles. The molecule has 3 aromatic carbocycles. The maximum absolute atomic E-state index is 13.5. The number of aryl methyl sites for hydroxylation is 1. The van der Waals surface area contributed by atoms with E-state index in [9.17, 15) is 18.4 Å². The van der Waals surface area contributed by atoms with Crippen molar-refractivity contribution in [2.24, 2.45) is 0 Å². The SMILES string of the molecule is Cc1ccc(NC(=O)Nc2cccc(N3CCCN(Cc4ccc(F)c(F)c4)C3=O)c2)cc1. The molecule has 33 heavy (non-hydrogen) atoms. The molecular formula is C25H24F2N4O2. The van der Waals surface area contributed by atoms with E-state index in [1.807, 2.05) is 31.2 Å². The van der Waals surface area contributed by atoms with E-state index in [0.29, 0.717) is 35.7 Å². The summed E-state index contributed by atoms with van der Waals surface area (Å²) in [5.74, 6) is -1.85. The van der Waals surface area contributed by atoms with Crippen molar-refractivity contribution < 1.29 is 18.4 Å². The van der Waals surface area contributed by atoms with Crippen LogP contribution in [0, 0.1) is 18.6 Å². The van der Waals surface area contributed by atoms with E-state index in [0.717, 1.165) is 24.1 Å². The van der Waals surface area contributed by atoms with Crippen LogP contribution in [0.25, 0.3) is 0 Å². The molecule has 6 nitrogen and oxygen atoms in total. The maximum atomic E-state index is 13.5. The van der Waals surface area contributed by atoms with E-state index in [2.05, 4.69) is 10.6 Å². The molecule has 4 rings (SSSR count). The summed E-state index contributed by atoms with van der Waals surface area (Å²) in [6.45, 7) is 3.19. The summed E-state index contributed by atoms with van der Waals surface area (Å²) in [6.07, 6.45) is 0.723. The largest absolute Gasteiger partial charge is 0.324 e. The molecule has 1 saturated heterocycles. The van der Waals surface area contributed by atoms with Crippen LogP contribution < -0.4 is 15.5 Å². The van der Waals surface area contributed by atoms with Gasteiger partial charge in [0.1, 0.15) is 0 Å². The van der Waals surface area contributed by atoms with Gasteiger partial charge in [0.2, 0.25) is 0 Å². The second kappa shape index (κ2) is 9.68. The molecule has 1 aliphatic rings. The van der Waals surface area contributed by atoms with Crippen molar-refractivity contribution in [3.05, 3.63) is 89.5 Å². The van der Waals surface area contributed by atoms with Crippen LogP contribution in [0.3, 0.4) is 0 Å². The number of urea groups is 2. The highest BCUT2D eigenvalue weighted by Gasteiger charge is 2.27. The second-order valence-electron chi connectivity index (χ2n) is 7.95. The molecule has 0 bridgehead atoms. The lowest BCUT2D eigenvalue weighted by Crippen LogP contribution is -2.49. The molecular weight excluding hydrogens is 426 g/mol. The van der Waals surface area contributed by atoms with Gasteiger partial charge in [-0.05, 0) is 61.4 Å². The number of hydrogen-bond donors (Lipinski definition) is 2. The fraction of sp³-hybridized carbons (Fsp3) is 0.200. The first-order valence-electron chi connectivity index (χ1n) is 10.6. The quantitative estimate of drug-likeness (QED) is 0.520. The van der Waals surface area contributed by atoms with Gasteiger partial charge in [0.25, 0.3) is 0 Å². The van der Waals surface area contributed by atoms with Gasteiger partial charge >= 0.3 is 12.1 Å². The van der Waals surface area contributed by atoms with Gasteiger partial charge in [0.05, 0.1) is 0 Å². The third kappa shape index (κ3) is 5.46. The molecule has 0 aliphatic carbocycles. The van der Waals surface area contributed by atoms with Gasteiger partial charge in [-0.3, -0.25) is 4.90 Å². The number of amides is 4. The van der Waals surface area contributed by atoms with Crippen LogP contribution in [0.15, 0.2) is 66.7 Å². The summed E-state index contributed by atoms with van der Waals surface area (Å²) in [6, 6.07) is 17.5. The number of carbonyl (C=O) groups is 2. The predicted molar refractivity (Wildman–Crippen MR) is 124 cm³/mol. The molecule has 0 spiro atoms. The summed E-state index contributed by atoms with van der Waals surface area (Å²) in [7, 11) is 0. The van der Waals surface area contributed by atoms with Crippen LogP contribution in [-0.2, 0) is 6.54 Å². The summed E-state index contributed by atoms with van der Waals surface area (Å²) in [5.41, 5.74) is 3.48. The Bertz CT molecular complexity index is 1170. The zero-order chi connectivity index (χ0) is 23.4. The van der Waals surface area contributed by atoms with E-state index in [1.54, 1.807) is 34.1 Å². The van der Waals surface area contributed by atoms with Crippen molar-refractivity contribution in [1.82, 2.24) is 4.90 Å². The van der Waals surface area contributed by atoms with Gasteiger partial charge in [-0.25, -0.2) is 18.4 Å². The van der Waals surface area contributed by atoms with Crippen molar-refractivity contribution >= 4 is 29.1 Å². The van der Waals surface area contributed by atoms with Crippen LogP contribution in [0.2, 0.25) is 0 Å². The summed E-state index contributed by atoms with van der Waals surface area (Å²) in [4.78, 5) is 28.6. The van der Waals surface area contributed by atoms with Crippen LogP contribution >= 0.6 is 0 Å². The monoisotopic (exact) mass is 450 g/mol. The molecule has 0 unspecified atom stereocenters. The van der Waals surface area contributed by atoms with Gasteiger partial charge in [0.15, 0.2) is 11.6 Å². The molecule has 2 N–H and O–H groups in total. The van der Waals surface area contributed by atoms with Gasteiger partial charge in [0, 0.05) is 36.7 Å². The van der Waals surface area contributed by atoms with E-state index in [4.69, 9.17) is 0 Å². The minimum absolute atomic E-state index is 0.184. The van der Waals surface area contributed by atoms with E-state index in [1.165, 1.54) is 6.07 Å². The standard InChI is InChI=1S/C25H24F2N4O2/c1-17-6-9-19(10-7-17)28-24(32)29-20-4-2-5-21(15-20)31-13-3-12-30(25(31)33)16-18-8-11-22(26)23(27)14-18/h2,4-11,14-15H,3,12-13,16H2,1H3,(H2,28,29,32). The number of anilines is 3. The first-order valence-corrected chi connectivity index (χ1v) is 10.6. The lowest BCUT2D eigenvalue weighted by atomic mass is 10.1. The van der Waals surface area contributed by atoms with Gasteiger partial charge in [-0.2, -0.15) is 0 Å². The second-order valence-corrected chi connectivity index (χ2v) is 7.95. The average molecular weight is 450 g/mol. The zero-order valence-electron chi connectivity index (χ0n) is 18.1. The van der Waals surface area contributed by atoms with E-state index >= 15 is 0 Å². The molecule has 3 aromatic rings. The number of benzene rings is 3. The van der Waals surface area contributed by atoms with Gasteiger partial charge in [-0.15, -0.1) is 0 Å². The third-order valence-electron chi connectivity index (χ3n) is 5.39. The number of carbonyl (C=O) groups excluding carboxylic acids is 2. The zero-order valence-corrected chi connectivity index (χ0v) is 18.1. The fourth-order valence-electron chi connectivity index (χ4n) is 3.71. The van der Waals surface area contributed by atoms with Crippen molar-refractivity contribution in [3.8, 4) is 0 Å². The van der Waals surface area contributed by atoms with Crippen LogP contribution in [0.4, 0.5) is 35.4 Å². The Hall–Kier alpha value is -3.94. The van der Waals surface area contributed by atoms with Crippen LogP contribution in [0.1, 0.15) is 17.5 Å². The van der Waals surface area contributed by atoms with Gasteiger partial charge in [-0.1, -0.05) is 29.8 Å². The summed E-state index contributed by atoms with van der Waals surface area (Å²) < 4.78 is 26.8. The molecule has 0 atom stereocenters. The van der Waals surface area contributed by atoms with Crippen molar-refractivity contribution in [1.29, 1.82) is 0 Å². The normalized spacial score (nSPS) is 13.7. The first-order chi connectivity index (χ1) is 15.9. The number of halogens is 2. The minimum atomic E-state index is -0.934. The Morgan fingerprint density at radius 1 is 0.909 bits per heavy atom. The molecule has 0 saturated carbocycles. The Morgan fingerprint density at radius 3 is 2.42 bits per heavy atom. The smallest absolute Gasteiger partial charge is 0.320 e. The third-order valence-corrected chi connectivity index (χ3v) is 5.39. The lowest BCUT2D eigenvalue weighted by Gasteiger charge is -2.36. The average Bonchev–Trinajstić information content (AvgIpc) is 2.79. The maximum Gasteiger partial charge on any atom is 0.324 e. The van der Waals surface area contributed by atoms with Crippen LogP contribution in [0.5, 0.6) is 0 Å². The summed E-state index contributed by atoms with van der Waals surface area (Å²) >= 11 is 0. The molecule has 1 aliphatic heterocycles. The molecule has 1 fully saturated rings. The Morgan fingerprint density at radius 2 is 1.67 bits per heavy atom. The number of nitrogens with zero attached hydrogens (tertiary/aromatic N) is 2. The topological polar surface area (TPSA) is 64.7 Å². The highest BCUT2D eigenvalue weighted by atomic mass is 19.2. The Labute approximate surface area is 190 Å². The Kier molecular flexibility index (Phi) is 6.53. The van der Waals surface area contributed by atoms with Crippen LogP contribution in [-0.4, -0.2) is 30.1 Å². The van der Waals surface area contributed by atoms with E-state index in [-0.39, 0.29) is 18.6 Å². The molecule has 1 heterocycles. The van der Waals surface area contributed by atoms with Crippen molar-refractivity contribution in [3.63, 3.8) is 0 Å². The molecule has 8 heteroatoms. The number of hydrogen-bond acceptors (Lipinski definition) is 2. The van der Waals surface area contributed by atoms with Gasteiger partial charge < -0.3 is 15.5 Å².